The third-order valence-corrected chi connectivity index (χ3v) is 10.4. The highest BCUT2D eigenvalue weighted by Crippen LogP contribution is 2.65. The number of rotatable bonds is 5. The number of likely N-dealkylation sites (tertiary alicyclic amines) is 1. The molecule has 0 radical (unpaired) electrons. The first-order valence-corrected chi connectivity index (χ1v) is 14.6. The molecular formula is C29H35ClN2O5S. The molecule has 1 spiro atoms. The molecule has 2 fully saturated rings. The van der Waals surface area contributed by atoms with Gasteiger partial charge in [-0.05, 0) is 57.6 Å². The number of aliphatic hydroxyl groups is 1. The molecule has 38 heavy (non-hydrogen) atoms. The summed E-state index contributed by atoms with van der Waals surface area (Å²) in [5.74, 6) is -2.23. The molecule has 0 aliphatic carbocycles. The molecule has 4 aliphatic heterocycles. The average Bonchev–Trinajstić information content (AvgIpc) is 3.20. The topological polar surface area (TPSA) is 87.2 Å². The highest BCUT2D eigenvalue weighted by molar-refractivity contribution is 8.02. The molecule has 9 heteroatoms. The fraction of sp³-hybridized carbons (Fsp3) is 0.552. The van der Waals surface area contributed by atoms with Gasteiger partial charge >= 0.3 is 5.97 Å². The number of amides is 2. The third kappa shape index (κ3) is 4.38. The number of nitrogens with zero attached hydrogens (tertiary/aromatic N) is 2. The zero-order chi connectivity index (χ0) is 27.1. The number of fused-ring (bicyclic) bond motifs is 2. The van der Waals surface area contributed by atoms with Crippen LogP contribution in [0.4, 0.5) is 5.69 Å². The van der Waals surface area contributed by atoms with E-state index >= 15 is 0 Å². The minimum absolute atomic E-state index is 0.00657. The van der Waals surface area contributed by atoms with Gasteiger partial charge in [0.2, 0.25) is 5.91 Å². The van der Waals surface area contributed by atoms with Crippen molar-refractivity contribution in [2.75, 3.05) is 31.2 Å². The van der Waals surface area contributed by atoms with Gasteiger partial charge in [0.25, 0.3) is 5.91 Å². The van der Waals surface area contributed by atoms with Crippen molar-refractivity contribution in [2.24, 2.45) is 11.8 Å². The molecule has 1 N–H and O–H groups in total. The maximum atomic E-state index is 14.5. The second-order valence-corrected chi connectivity index (χ2v) is 13.0. The fourth-order valence-corrected chi connectivity index (χ4v) is 9.07. The van der Waals surface area contributed by atoms with Crippen LogP contribution in [0.15, 0.2) is 42.5 Å². The zero-order valence-electron chi connectivity index (χ0n) is 21.9. The Morgan fingerprint density at radius 2 is 1.92 bits per heavy atom. The fourth-order valence-electron chi connectivity index (χ4n) is 6.60. The van der Waals surface area contributed by atoms with E-state index in [1.165, 1.54) is 0 Å². The number of thioether (sulfide) groups is 1. The molecule has 5 rings (SSSR count). The number of cyclic esters (lactones) is 1. The van der Waals surface area contributed by atoms with Crippen molar-refractivity contribution in [3.05, 3.63) is 53.1 Å². The number of anilines is 1. The van der Waals surface area contributed by atoms with Crippen LogP contribution in [0.5, 0.6) is 0 Å². The molecule has 204 valence electrons. The van der Waals surface area contributed by atoms with E-state index in [4.69, 9.17) is 16.3 Å². The van der Waals surface area contributed by atoms with Crippen LogP contribution in [0.25, 0.3) is 0 Å². The van der Waals surface area contributed by atoms with Crippen LogP contribution in [0.2, 0.25) is 5.02 Å². The Kier molecular flexibility index (Phi) is 7.68. The normalized spacial score (nSPS) is 33.9. The maximum absolute atomic E-state index is 14.5. The van der Waals surface area contributed by atoms with Crippen LogP contribution in [0.3, 0.4) is 0 Å². The number of aryl methyl sites for hydroxylation is 1. The van der Waals surface area contributed by atoms with E-state index in [1.807, 2.05) is 38.1 Å². The molecule has 0 aromatic heterocycles. The van der Waals surface area contributed by atoms with Crippen LogP contribution < -0.4 is 4.90 Å². The summed E-state index contributed by atoms with van der Waals surface area (Å²) in [6.07, 6.45) is 11.8. The Hall–Kier alpha value is -2.29. The van der Waals surface area contributed by atoms with E-state index in [0.717, 1.165) is 24.8 Å². The molecule has 7 nitrogen and oxygen atoms in total. The Balaban J connectivity index is 1.64. The smallest absolute Gasteiger partial charge is 0.311 e. The molecule has 4 aliphatic rings. The monoisotopic (exact) mass is 558 g/mol. The molecule has 1 aromatic carbocycles. The Morgan fingerprint density at radius 3 is 2.68 bits per heavy atom. The molecule has 0 bridgehead atoms. The van der Waals surface area contributed by atoms with Gasteiger partial charge in [-0.2, -0.15) is 0 Å². The summed E-state index contributed by atoms with van der Waals surface area (Å²) in [6.45, 7) is 4.89. The van der Waals surface area contributed by atoms with Crippen molar-refractivity contribution in [1.82, 2.24) is 4.90 Å². The number of hydrogen-bond donors (Lipinski definition) is 1. The van der Waals surface area contributed by atoms with Crippen LogP contribution in [0, 0.1) is 18.8 Å². The molecule has 0 saturated carbocycles. The summed E-state index contributed by atoms with van der Waals surface area (Å²) in [4.78, 5) is 45.7. The standard InChI is InChI=1S/C29H35ClN2O5S/c1-19-11-9-12-20(30)23(19)31-16-10-14-29-21(25(34)32(15-6-7-17-33)24(29)26(31)35)22-27(36)37-18-8-4-3-5-13-28(22,2)38-29/h5,9-14,21-22,24,33H,3-4,6-8,15-18H2,1-2H3/b13-5-/t21-,22-,24?,28+,29-/m0/s1. The number of carbonyl (C=O) groups excluding carboxylic acids is 3. The van der Waals surface area contributed by atoms with Crippen LogP contribution >= 0.6 is 23.4 Å². The number of unbranched alkanes of at least 4 members (excludes halogenated alkanes) is 1. The second kappa shape index (κ2) is 10.7. The lowest BCUT2D eigenvalue weighted by Crippen LogP contribution is -2.53. The van der Waals surface area contributed by atoms with Gasteiger partial charge in [0, 0.05) is 24.4 Å². The van der Waals surface area contributed by atoms with Gasteiger partial charge in [-0.15, -0.1) is 11.8 Å². The minimum Gasteiger partial charge on any atom is -0.465 e. The maximum Gasteiger partial charge on any atom is 0.311 e. The molecule has 5 atom stereocenters. The van der Waals surface area contributed by atoms with E-state index in [2.05, 4.69) is 12.2 Å². The summed E-state index contributed by atoms with van der Waals surface area (Å²) in [5, 5.41) is 9.87. The van der Waals surface area contributed by atoms with E-state index in [1.54, 1.807) is 27.6 Å². The number of ether oxygens (including phenoxy) is 1. The first-order valence-electron chi connectivity index (χ1n) is 13.5. The summed E-state index contributed by atoms with van der Waals surface area (Å²) < 4.78 is 4.08. The molecule has 1 aromatic rings. The van der Waals surface area contributed by atoms with E-state index in [9.17, 15) is 19.5 Å². The van der Waals surface area contributed by atoms with Crippen molar-refractivity contribution in [1.29, 1.82) is 0 Å². The Morgan fingerprint density at radius 1 is 1.11 bits per heavy atom. The molecule has 1 unspecified atom stereocenters. The predicted octanol–water partition coefficient (Wildman–Crippen LogP) is 4.29. The van der Waals surface area contributed by atoms with Gasteiger partial charge < -0.3 is 19.6 Å². The van der Waals surface area contributed by atoms with Crippen LogP contribution in [-0.2, 0) is 19.1 Å². The summed E-state index contributed by atoms with van der Waals surface area (Å²) in [5.41, 5.74) is 1.51. The van der Waals surface area contributed by atoms with Crippen LogP contribution in [-0.4, -0.2) is 69.6 Å². The van der Waals surface area contributed by atoms with Crippen LogP contribution in [0.1, 0.15) is 44.6 Å². The van der Waals surface area contributed by atoms with E-state index in [0.29, 0.717) is 43.2 Å². The number of aliphatic hydroxyl groups excluding tert-OH is 1. The minimum atomic E-state index is -0.936. The Labute approximate surface area is 233 Å². The molecular weight excluding hydrogens is 524 g/mol. The summed E-state index contributed by atoms with van der Waals surface area (Å²) >= 11 is 8.15. The van der Waals surface area contributed by atoms with Crippen molar-refractivity contribution < 1.29 is 24.2 Å². The van der Waals surface area contributed by atoms with Crippen molar-refractivity contribution in [3.8, 4) is 0 Å². The summed E-state index contributed by atoms with van der Waals surface area (Å²) in [6, 6.07) is 4.72. The van der Waals surface area contributed by atoms with Crippen molar-refractivity contribution in [3.63, 3.8) is 0 Å². The van der Waals surface area contributed by atoms with E-state index < -0.39 is 27.4 Å². The first kappa shape index (κ1) is 27.3. The zero-order valence-corrected chi connectivity index (χ0v) is 23.5. The Bertz CT molecular complexity index is 1170. The first-order chi connectivity index (χ1) is 18.2. The average molecular weight is 559 g/mol. The highest BCUT2D eigenvalue weighted by Gasteiger charge is 2.73. The number of esters is 1. The quantitative estimate of drug-likeness (QED) is 0.329. The highest BCUT2D eigenvalue weighted by atomic mass is 35.5. The van der Waals surface area contributed by atoms with E-state index in [-0.39, 0.29) is 24.4 Å². The van der Waals surface area contributed by atoms with Crippen molar-refractivity contribution in [2.45, 2.75) is 61.5 Å². The van der Waals surface area contributed by atoms with Gasteiger partial charge in [-0.1, -0.05) is 48.0 Å². The lowest BCUT2D eigenvalue weighted by molar-refractivity contribution is -0.154. The number of hydrogen-bond acceptors (Lipinski definition) is 6. The van der Waals surface area contributed by atoms with Gasteiger partial charge in [0.15, 0.2) is 0 Å². The number of benzene rings is 1. The predicted molar refractivity (Wildman–Crippen MR) is 149 cm³/mol. The molecule has 4 heterocycles. The largest absolute Gasteiger partial charge is 0.465 e. The van der Waals surface area contributed by atoms with Gasteiger partial charge in [-0.3, -0.25) is 14.4 Å². The number of allylic oxidation sites excluding steroid dienone is 1. The van der Waals surface area contributed by atoms with Crippen molar-refractivity contribution >= 4 is 46.8 Å². The van der Waals surface area contributed by atoms with Gasteiger partial charge in [-0.25, -0.2) is 0 Å². The second-order valence-electron chi connectivity index (χ2n) is 10.8. The molecule has 2 amide bonds. The van der Waals surface area contributed by atoms with Gasteiger partial charge in [0.05, 0.1) is 33.9 Å². The molecule has 2 saturated heterocycles. The number of para-hydroxylation sites is 1. The van der Waals surface area contributed by atoms with Gasteiger partial charge in [0.1, 0.15) is 6.04 Å². The number of halogens is 1. The summed E-state index contributed by atoms with van der Waals surface area (Å²) in [7, 11) is 0. The SMILES string of the molecule is Cc1cccc(Cl)c1N1CC=C[C@]23S[C@]4(C)/C=C\CCCCOC(=O)[C@@H]4[C@H]2C(=O)N(CCCCO)C3C1=O. The number of carbonyl (C=O) groups is 3. The third-order valence-electron chi connectivity index (χ3n) is 8.27. The lowest BCUT2D eigenvalue weighted by atomic mass is 9.74. The lowest BCUT2D eigenvalue weighted by Gasteiger charge is -2.37.